The SMILES string of the molecule is CCNC(=NCc1ccccc1C)NCc1cn2cc(Br)ccc2n1. The van der Waals surface area contributed by atoms with Crippen molar-refractivity contribution in [1.82, 2.24) is 20.0 Å². The minimum Gasteiger partial charge on any atom is -0.357 e. The van der Waals surface area contributed by atoms with Gasteiger partial charge in [0.15, 0.2) is 5.96 Å². The molecule has 25 heavy (non-hydrogen) atoms. The minimum absolute atomic E-state index is 0.624. The molecular weight excluding hydrogens is 378 g/mol. The van der Waals surface area contributed by atoms with E-state index >= 15 is 0 Å². The summed E-state index contributed by atoms with van der Waals surface area (Å²) in [5.74, 6) is 0.795. The maximum atomic E-state index is 4.68. The van der Waals surface area contributed by atoms with Crippen LogP contribution in [0.1, 0.15) is 23.7 Å². The summed E-state index contributed by atoms with van der Waals surface area (Å²) in [6.45, 7) is 6.27. The zero-order chi connectivity index (χ0) is 17.6. The first-order valence-corrected chi connectivity index (χ1v) is 9.15. The van der Waals surface area contributed by atoms with E-state index in [9.17, 15) is 0 Å². The van der Waals surface area contributed by atoms with Crippen LogP contribution in [0.2, 0.25) is 0 Å². The Bertz CT molecular complexity index is 884. The normalized spacial score (nSPS) is 11.7. The lowest BCUT2D eigenvalue weighted by Crippen LogP contribution is -2.36. The molecule has 0 aliphatic carbocycles. The number of hydrogen-bond donors (Lipinski definition) is 2. The molecule has 5 nitrogen and oxygen atoms in total. The van der Waals surface area contributed by atoms with Crippen LogP contribution in [0.25, 0.3) is 5.65 Å². The molecule has 0 saturated carbocycles. The molecule has 0 radical (unpaired) electrons. The van der Waals surface area contributed by atoms with E-state index in [1.807, 2.05) is 41.1 Å². The van der Waals surface area contributed by atoms with E-state index in [0.717, 1.165) is 28.3 Å². The first-order chi connectivity index (χ1) is 12.2. The molecule has 0 saturated heterocycles. The number of hydrogen-bond acceptors (Lipinski definition) is 2. The predicted octanol–water partition coefficient (Wildman–Crippen LogP) is 3.66. The molecule has 0 spiro atoms. The molecule has 0 aliphatic heterocycles. The number of rotatable bonds is 5. The Balaban J connectivity index is 1.68. The van der Waals surface area contributed by atoms with Crippen molar-refractivity contribution in [3.63, 3.8) is 0 Å². The molecule has 2 heterocycles. The van der Waals surface area contributed by atoms with E-state index in [4.69, 9.17) is 0 Å². The number of aliphatic imine (C=N–C) groups is 1. The van der Waals surface area contributed by atoms with Crippen LogP contribution < -0.4 is 10.6 Å². The van der Waals surface area contributed by atoms with Gasteiger partial charge in [0.05, 0.1) is 18.8 Å². The maximum Gasteiger partial charge on any atom is 0.191 e. The largest absolute Gasteiger partial charge is 0.357 e. The van der Waals surface area contributed by atoms with Crippen LogP contribution in [0.15, 0.2) is 58.3 Å². The van der Waals surface area contributed by atoms with Crippen LogP contribution >= 0.6 is 15.9 Å². The molecule has 130 valence electrons. The van der Waals surface area contributed by atoms with Crippen LogP contribution in [-0.4, -0.2) is 21.9 Å². The van der Waals surface area contributed by atoms with Gasteiger partial charge in [0, 0.05) is 23.4 Å². The molecular formula is C19H22BrN5. The van der Waals surface area contributed by atoms with Crippen molar-refractivity contribution in [3.05, 3.63) is 70.1 Å². The molecule has 6 heteroatoms. The summed E-state index contributed by atoms with van der Waals surface area (Å²) >= 11 is 3.48. The van der Waals surface area contributed by atoms with Crippen molar-refractivity contribution in [1.29, 1.82) is 0 Å². The number of pyridine rings is 1. The predicted molar refractivity (Wildman–Crippen MR) is 106 cm³/mol. The second-order valence-corrected chi connectivity index (χ2v) is 6.74. The molecule has 2 N–H and O–H groups in total. The van der Waals surface area contributed by atoms with E-state index in [0.29, 0.717) is 13.1 Å². The van der Waals surface area contributed by atoms with Crippen molar-refractivity contribution < 1.29 is 0 Å². The summed E-state index contributed by atoms with van der Waals surface area (Å²) in [6, 6.07) is 12.3. The van der Waals surface area contributed by atoms with Crippen LogP contribution in [0.4, 0.5) is 0 Å². The maximum absolute atomic E-state index is 4.68. The van der Waals surface area contributed by atoms with E-state index in [-0.39, 0.29) is 0 Å². The molecule has 0 fully saturated rings. The summed E-state index contributed by atoms with van der Waals surface area (Å²) in [6.07, 6.45) is 4.03. The van der Waals surface area contributed by atoms with E-state index < -0.39 is 0 Å². The topological polar surface area (TPSA) is 53.7 Å². The Kier molecular flexibility index (Phi) is 5.71. The third-order valence-corrected chi connectivity index (χ3v) is 4.38. The third kappa shape index (κ3) is 4.60. The summed E-state index contributed by atoms with van der Waals surface area (Å²) in [4.78, 5) is 9.30. The first-order valence-electron chi connectivity index (χ1n) is 8.35. The number of imidazole rings is 1. The van der Waals surface area contributed by atoms with Crippen molar-refractivity contribution in [2.45, 2.75) is 26.9 Å². The third-order valence-electron chi connectivity index (χ3n) is 3.91. The van der Waals surface area contributed by atoms with E-state index in [1.165, 1.54) is 11.1 Å². The van der Waals surface area contributed by atoms with Gasteiger partial charge in [-0.25, -0.2) is 9.98 Å². The lowest BCUT2D eigenvalue weighted by Gasteiger charge is -2.10. The van der Waals surface area contributed by atoms with Crippen LogP contribution in [0.5, 0.6) is 0 Å². The Morgan fingerprint density at radius 3 is 2.80 bits per heavy atom. The Hall–Kier alpha value is -2.34. The molecule has 0 aliphatic rings. The number of fused-ring (bicyclic) bond motifs is 1. The van der Waals surface area contributed by atoms with Gasteiger partial charge in [0.25, 0.3) is 0 Å². The molecule has 0 atom stereocenters. The Labute approximate surface area is 156 Å². The quantitative estimate of drug-likeness (QED) is 0.508. The number of aromatic nitrogens is 2. The second kappa shape index (κ2) is 8.16. The fraction of sp³-hybridized carbons (Fsp3) is 0.263. The van der Waals surface area contributed by atoms with E-state index in [1.54, 1.807) is 0 Å². The smallest absolute Gasteiger partial charge is 0.191 e. The highest BCUT2D eigenvalue weighted by atomic mass is 79.9. The van der Waals surface area contributed by atoms with E-state index in [2.05, 4.69) is 62.5 Å². The molecule has 0 bridgehead atoms. The second-order valence-electron chi connectivity index (χ2n) is 5.82. The highest BCUT2D eigenvalue weighted by molar-refractivity contribution is 9.10. The number of nitrogens with one attached hydrogen (secondary N) is 2. The van der Waals surface area contributed by atoms with Gasteiger partial charge in [-0.15, -0.1) is 0 Å². The minimum atomic E-state index is 0.624. The van der Waals surface area contributed by atoms with Gasteiger partial charge in [-0.2, -0.15) is 0 Å². The average Bonchev–Trinajstić information content (AvgIpc) is 3.00. The monoisotopic (exact) mass is 399 g/mol. The standard InChI is InChI=1S/C19H22BrN5/c1-3-21-19(22-10-15-7-5-4-6-14(15)2)23-11-17-13-25-12-16(20)8-9-18(25)24-17/h4-9,12-13H,3,10-11H2,1-2H3,(H2,21,22,23). The van der Waals surface area contributed by atoms with Crippen molar-refractivity contribution in [2.75, 3.05) is 6.54 Å². The average molecular weight is 400 g/mol. The lowest BCUT2D eigenvalue weighted by atomic mass is 10.1. The van der Waals surface area contributed by atoms with Gasteiger partial charge < -0.3 is 15.0 Å². The van der Waals surface area contributed by atoms with Gasteiger partial charge >= 0.3 is 0 Å². The van der Waals surface area contributed by atoms with Gasteiger partial charge in [-0.05, 0) is 53.0 Å². The summed E-state index contributed by atoms with van der Waals surface area (Å²) in [5.41, 5.74) is 4.40. The number of halogens is 1. The highest BCUT2D eigenvalue weighted by Crippen LogP contribution is 2.12. The van der Waals surface area contributed by atoms with Crippen LogP contribution in [0.3, 0.4) is 0 Å². The fourth-order valence-corrected chi connectivity index (χ4v) is 2.92. The molecule has 2 aromatic heterocycles. The lowest BCUT2D eigenvalue weighted by molar-refractivity contribution is 0.803. The number of nitrogens with zero attached hydrogens (tertiary/aromatic N) is 3. The molecule has 3 rings (SSSR count). The first kappa shape index (κ1) is 17.5. The van der Waals surface area contributed by atoms with Crippen molar-refractivity contribution in [2.24, 2.45) is 4.99 Å². The van der Waals surface area contributed by atoms with Crippen LogP contribution in [-0.2, 0) is 13.1 Å². The number of aryl methyl sites for hydroxylation is 1. The molecule has 1 aromatic carbocycles. The van der Waals surface area contributed by atoms with Gasteiger partial charge in [0.1, 0.15) is 5.65 Å². The fourth-order valence-electron chi connectivity index (χ4n) is 2.57. The van der Waals surface area contributed by atoms with Gasteiger partial charge in [-0.1, -0.05) is 24.3 Å². The zero-order valence-electron chi connectivity index (χ0n) is 14.5. The highest BCUT2D eigenvalue weighted by Gasteiger charge is 2.04. The number of benzene rings is 1. The van der Waals surface area contributed by atoms with Crippen molar-refractivity contribution >= 4 is 27.5 Å². The molecule has 3 aromatic rings. The number of guanidine groups is 1. The van der Waals surface area contributed by atoms with Gasteiger partial charge in [0.2, 0.25) is 0 Å². The zero-order valence-corrected chi connectivity index (χ0v) is 16.0. The van der Waals surface area contributed by atoms with Crippen molar-refractivity contribution in [3.8, 4) is 0 Å². The summed E-state index contributed by atoms with van der Waals surface area (Å²) < 4.78 is 3.04. The Morgan fingerprint density at radius 1 is 1.16 bits per heavy atom. The molecule has 0 unspecified atom stereocenters. The summed E-state index contributed by atoms with van der Waals surface area (Å²) in [5, 5.41) is 6.64. The van der Waals surface area contributed by atoms with Gasteiger partial charge in [-0.3, -0.25) is 0 Å². The molecule has 0 amide bonds. The van der Waals surface area contributed by atoms with Crippen LogP contribution in [0, 0.1) is 6.92 Å². The summed E-state index contributed by atoms with van der Waals surface area (Å²) in [7, 11) is 0. The Morgan fingerprint density at radius 2 is 2.00 bits per heavy atom.